The molecule has 0 unspecified atom stereocenters. The Morgan fingerprint density at radius 3 is 2.14 bits per heavy atom. The zero-order valence-corrected chi connectivity index (χ0v) is 7.93. The van der Waals surface area contributed by atoms with Gasteiger partial charge in [-0.2, -0.15) is 0 Å². The Morgan fingerprint density at radius 2 is 1.43 bits per heavy atom. The van der Waals surface area contributed by atoms with Crippen LogP contribution in [-0.4, -0.2) is 9.97 Å². The summed E-state index contributed by atoms with van der Waals surface area (Å²) in [5.41, 5.74) is 2.55. The number of aromatic nitrogens is 2. The van der Waals surface area contributed by atoms with Crippen LogP contribution in [0.3, 0.4) is 0 Å². The van der Waals surface area contributed by atoms with Crippen molar-refractivity contribution >= 4 is 0 Å². The zero-order valence-electron chi connectivity index (χ0n) is 7.93. The number of rotatable bonds is 3. The molecule has 0 fully saturated rings. The first-order valence-corrected chi connectivity index (χ1v) is 4.73. The minimum Gasteiger partial charge on any atom is -0.245 e. The van der Waals surface area contributed by atoms with E-state index in [-0.39, 0.29) is 0 Å². The second-order valence-corrected chi connectivity index (χ2v) is 3.23. The third-order valence-corrected chi connectivity index (χ3v) is 2.16. The highest BCUT2D eigenvalue weighted by Gasteiger charge is 1.94. The lowest BCUT2D eigenvalue weighted by molar-refractivity contribution is 0.932. The van der Waals surface area contributed by atoms with Gasteiger partial charge in [0.15, 0.2) is 0 Å². The quantitative estimate of drug-likeness (QED) is 0.731. The molecule has 1 aromatic carbocycles. The Balaban J connectivity index is 1.96. The van der Waals surface area contributed by atoms with E-state index in [1.165, 1.54) is 11.1 Å². The molecule has 1 heterocycles. The van der Waals surface area contributed by atoms with Crippen LogP contribution in [0.15, 0.2) is 49.1 Å². The van der Waals surface area contributed by atoms with Gasteiger partial charge in [-0.1, -0.05) is 30.3 Å². The second kappa shape index (κ2) is 4.51. The van der Waals surface area contributed by atoms with E-state index >= 15 is 0 Å². The van der Waals surface area contributed by atoms with Crippen molar-refractivity contribution in [2.45, 2.75) is 12.8 Å². The van der Waals surface area contributed by atoms with Gasteiger partial charge in [0.1, 0.15) is 6.33 Å². The highest BCUT2D eigenvalue weighted by molar-refractivity contribution is 5.16. The Hall–Kier alpha value is -1.70. The molecular formula is C12H12N2. The topological polar surface area (TPSA) is 25.8 Å². The van der Waals surface area contributed by atoms with E-state index in [0.717, 1.165) is 12.8 Å². The molecule has 0 amide bonds. The van der Waals surface area contributed by atoms with Crippen LogP contribution >= 0.6 is 0 Å². The monoisotopic (exact) mass is 184 g/mol. The molecule has 0 aliphatic heterocycles. The lowest BCUT2D eigenvalue weighted by Crippen LogP contribution is -1.92. The average molecular weight is 184 g/mol. The van der Waals surface area contributed by atoms with Crippen molar-refractivity contribution in [2.24, 2.45) is 0 Å². The summed E-state index contributed by atoms with van der Waals surface area (Å²) in [5, 5.41) is 0. The molecule has 1 aromatic heterocycles. The Morgan fingerprint density at radius 1 is 0.786 bits per heavy atom. The van der Waals surface area contributed by atoms with Gasteiger partial charge in [0.2, 0.25) is 0 Å². The molecule has 0 aliphatic carbocycles. The SMILES string of the molecule is c1ccc(CCc2cncnc2)cc1. The van der Waals surface area contributed by atoms with E-state index in [0.29, 0.717) is 0 Å². The fourth-order valence-electron chi connectivity index (χ4n) is 1.39. The van der Waals surface area contributed by atoms with Crippen LogP contribution in [0.25, 0.3) is 0 Å². The summed E-state index contributed by atoms with van der Waals surface area (Å²) in [6.45, 7) is 0. The molecule has 0 radical (unpaired) electrons. The van der Waals surface area contributed by atoms with E-state index in [1.807, 2.05) is 18.5 Å². The number of aryl methyl sites for hydroxylation is 2. The lowest BCUT2D eigenvalue weighted by Gasteiger charge is -2.00. The van der Waals surface area contributed by atoms with Gasteiger partial charge < -0.3 is 0 Å². The largest absolute Gasteiger partial charge is 0.245 e. The number of hydrogen-bond acceptors (Lipinski definition) is 2. The first-order valence-electron chi connectivity index (χ1n) is 4.73. The summed E-state index contributed by atoms with van der Waals surface area (Å²) in [4.78, 5) is 7.97. The highest BCUT2D eigenvalue weighted by Crippen LogP contribution is 2.04. The molecule has 0 saturated heterocycles. The Kier molecular flexibility index (Phi) is 2.86. The normalized spacial score (nSPS) is 10.0. The molecule has 0 N–H and O–H groups in total. The minimum absolute atomic E-state index is 1.00. The van der Waals surface area contributed by atoms with Gasteiger partial charge in [0.05, 0.1) is 0 Å². The summed E-state index contributed by atoms with van der Waals surface area (Å²) < 4.78 is 0. The molecule has 0 bridgehead atoms. The van der Waals surface area contributed by atoms with E-state index in [2.05, 4.69) is 34.2 Å². The summed E-state index contributed by atoms with van der Waals surface area (Å²) in [6.07, 6.45) is 7.36. The first-order chi connectivity index (χ1) is 6.95. The van der Waals surface area contributed by atoms with Crippen LogP contribution in [0.1, 0.15) is 11.1 Å². The molecule has 2 nitrogen and oxygen atoms in total. The van der Waals surface area contributed by atoms with Crippen LogP contribution in [-0.2, 0) is 12.8 Å². The molecule has 0 saturated carbocycles. The van der Waals surface area contributed by atoms with Gasteiger partial charge >= 0.3 is 0 Å². The van der Waals surface area contributed by atoms with Crippen molar-refractivity contribution in [3.63, 3.8) is 0 Å². The van der Waals surface area contributed by atoms with Crippen molar-refractivity contribution in [3.05, 3.63) is 60.2 Å². The fourth-order valence-corrected chi connectivity index (χ4v) is 1.39. The summed E-state index contributed by atoms with van der Waals surface area (Å²) in [5.74, 6) is 0. The molecular weight excluding hydrogens is 172 g/mol. The van der Waals surface area contributed by atoms with E-state index in [9.17, 15) is 0 Å². The fraction of sp³-hybridized carbons (Fsp3) is 0.167. The molecule has 2 rings (SSSR count). The molecule has 0 spiro atoms. The molecule has 2 heteroatoms. The van der Waals surface area contributed by atoms with Crippen LogP contribution < -0.4 is 0 Å². The predicted octanol–water partition coefficient (Wildman–Crippen LogP) is 2.26. The molecule has 0 atom stereocenters. The van der Waals surface area contributed by atoms with E-state index < -0.39 is 0 Å². The van der Waals surface area contributed by atoms with E-state index in [4.69, 9.17) is 0 Å². The zero-order chi connectivity index (χ0) is 9.64. The summed E-state index contributed by atoms with van der Waals surface area (Å²) >= 11 is 0. The predicted molar refractivity (Wildman–Crippen MR) is 55.9 cm³/mol. The Labute approximate surface area is 83.7 Å². The number of hydrogen-bond donors (Lipinski definition) is 0. The van der Waals surface area contributed by atoms with Crippen LogP contribution in [0.5, 0.6) is 0 Å². The minimum atomic E-state index is 1.00. The lowest BCUT2D eigenvalue weighted by atomic mass is 10.1. The van der Waals surface area contributed by atoms with Crippen molar-refractivity contribution < 1.29 is 0 Å². The summed E-state index contributed by atoms with van der Waals surface area (Å²) in [7, 11) is 0. The van der Waals surface area contributed by atoms with Crippen molar-refractivity contribution in [3.8, 4) is 0 Å². The molecule has 2 aromatic rings. The third kappa shape index (κ3) is 2.39. The molecule has 14 heavy (non-hydrogen) atoms. The number of nitrogens with zero attached hydrogens (tertiary/aromatic N) is 2. The van der Waals surface area contributed by atoms with Gasteiger partial charge in [-0.05, 0) is 24.0 Å². The molecule has 0 aliphatic rings. The maximum absolute atomic E-state index is 3.99. The highest BCUT2D eigenvalue weighted by atomic mass is 14.8. The van der Waals surface area contributed by atoms with Crippen molar-refractivity contribution in [1.82, 2.24) is 9.97 Å². The number of benzene rings is 1. The standard InChI is InChI=1S/C12H12N2/c1-2-4-11(5-3-1)6-7-12-8-13-10-14-9-12/h1-5,8-10H,6-7H2. The smallest absolute Gasteiger partial charge is 0.115 e. The van der Waals surface area contributed by atoms with Gasteiger partial charge in [0, 0.05) is 12.4 Å². The van der Waals surface area contributed by atoms with Crippen molar-refractivity contribution in [2.75, 3.05) is 0 Å². The van der Waals surface area contributed by atoms with Crippen LogP contribution in [0, 0.1) is 0 Å². The molecule has 70 valence electrons. The van der Waals surface area contributed by atoms with Gasteiger partial charge in [0.25, 0.3) is 0 Å². The van der Waals surface area contributed by atoms with Gasteiger partial charge in [-0.3, -0.25) is 0 Å². The third-order valence-electron chi connectivity index (χ3n) is 2.16. The maximum Gasteiger partial charge on any atom is 0.115 e. The van der Waals surface area contributed by atoms with Crippen LogP contribution in [0.4, 0.5) is 0 Å². The van der Waals surface area contributed by atoms with Gasteiger partial charge in [-0.25, -0.2) is 9.97 Å². The van der Waals surface area contributed by atoms with Crippen molar-refractivity contribution in [1.29, 1.82) is 0 Å². The Bertz CT molecular complexity index is 331. The average Bonchev–Trinajstić information content (AvgIpc) is 2.29. The maximum atomic E-state index is 3.99. The second-order valence-electron chi connectivity index (χ2n) is 3.23. The summed E-state index contributed by atoms with van der Waals surface area (Å²) in [6, 6.07) is 10.5. The first kappa shape index (κ1) is 8.88. The van der Waals surface area contributed by atoms with Gasteiger partial charge in [-0.15, -0.1) is 0 Å². The van der Waals surface area contributed by atoms with Crippen LogP contribution in [0.2, 0.25) is 0 Å². The van der Waals surface area contributed by atoms with E-state index in [1.54, 1.807) is 6.33 Å².